The molecule has 0 saturated heterocycles. The van der Waals surface area contributed by atoms with Gasteiger partial charge < -0.3 is 9.88 Å². The number of hydrogen-bond acceptors (Lipinski definition) is 6. The molecule has 0 aromatic carbocycles. The van der Waals surface area contributed by atoms with Crippen LogP contribution in [0.25, 0.3) is 0 Å². The van der Waals surface area contributed by atoms with Gasteiger partial charge in [-0.2, -0.15) is 0 Å². The number of thiazole rings is 1. The van der Waals surface area contributed by atoms with Crippen molar-refractivity contribution in [3.8, 4) is 0 Å². The number of aryl methyl sites for hydroxylation is 2. The lowest BCUT2D eigenvalue weighted by Gasteiger charge is -2.06. The third kappa shape index (κ3) is 3.74. The lowest BCUT2D eigenvalue weighted by atomic mass is 10.0. The molecule has 2 aromatic rings. The van der Waals surface area contributed by atoms with Crippen molar-refractivity contribution in [3.05, 3.63) is 16.4 Å². The fourth-order valence-electron chi connectivity index (χ4n) is 2.65. The lowest BCUT2D eigenvalue weighted by molar-refractivity contribution is -0.113. The van der Waals surface area contributed by atoms with E-state index in [0.29, 0.717) is 11.7 Å². The first-order chi connectivity index (χ1) is 11.0. The van der Waals surface area contributed by atoms with Crippen molar-refractivity contribution in [2.75, 3.05) is 11.1 Å². The number of aromatic nitrogens is 4. The summed E-state index contributed by atoms with van der Waals surface area (Å²) in [5.41, 5.74) is 1.17. The van der Waals surface area contributed by atoms with E-state index >= 15 is 0 Å². The zero-order chi connectivity index (χ0) is 16.4. The minimum Gasteiger partial charge on any atom is -0.309 e. The van der Waals surface area contributed by atoms with Gasteiger partial charge in [-0.1, -0.05) is 25.6 Å². The van der Waals surface area contributed by atoms with Crippen LogP contribution in [0.4, 0.5) is 5.13 Å². The van der Waals surface area contributed by atoms with E-state index < -0.39 is 0 Å². The normalized spacial score (nSPS) is 14.1. The second-order valence-corrected chi connectivity index (χ2v) is 8.01. The van der Waals surface area contributed by atoms with Gasteiger partial charge in [0.2, 0.25) is 5.91 Å². The first-order valence-corrected chi connectivity index (χ1v) is 9.65. The molecule has 1 aliphatic rings. The summed E-state index contributed by atoms with van der Waals surface area (Å²) in [5.74, 6) is 1.52. The average Bonchev–Trinajstić information content (AvgIpc) is 3.07. The Morgan fingerprint density at radius 1 is 1.35 bits per heavy atom. The van der Waals surface area contributed by atoms with Crippen LogP contribution in [0.5, 0.6) is 0 Å². The predicted molar refractivity (Wildman–Crippen MR) is 93.2 cm³/mol. The van der Waals surface area contributed by atoms with E-state index in [0.717, 1.165) is 29.0 Å². The highest BCUT2D eigenvalue weighted by molar-refractivity contribution is 7.99. The van der Waals surface area contributed by atoms with Crippen molar-refractivity contribution in [1.29, 1.82) is 0 Å². The fraction of sp³-hybridized carbons (Fsp3) is 0.600. The van der Waals surface area contributed by atoms with Gasteiger partial charge in [0.05, 0.1) is 11.4 Å². The third-order valence-corrected chi connectivity index (χ3v) is 5.90. The van der Waals surface area contributed by atoms with Crippen LogP contribution in [0.15, 0.2) is 5.16 Å². The van der Waals surface area contributed by atoms with Crippen molar-refractivity contribution < 1.29 is 4.79 Å². The molecule has 23 heavy (non-hydrogen) atoms. The standard InChI is InChI=1S/C15H21N5OS2/c1-9(2)13-18-19-15(20(13)3)22-8-12(21)17-14-16-10-6-4-5-7-11(10)23-14/h9H,4-8H2,1-3H3,(H,16,17,21). The highest BCUT2D eigenvalue weighted by Crippen LogP contribution is 2.29. The summed E-state index contributed by atoms with van der Waals surface area (Å²) >= 11 is 3.01. The van der Waals surface area contributed by atoms with Crippen LogP contribution in [0, 0.1) is 0 Å². The molecule has 6 nitrogen and oxygen atoms in total. The van der Waals surface area contributed by atoms with Crippen molar-refractivity contribution >= 4 is 34.1 Å². The summed E-state index contributed by atoms with van der Waals surface area (Å²) in [7, 11) is 1.93. The van der Waals surface area contributed by atoms with Crippen LogP contribution in [-0.4, -0.2) is 31.4 Å². The number of anilines is 1. The molecule has 0 fully saturated rings. The van der Waals surface area contributed by atoms with Gasteiger partial charge in [-0.15, -0.1) is 21.5 Å². The number of amides is 1. The van der Waals surface area contributed by atoms with Gasteiger partial charge in [0.1, 0.15) is 5.82 Å². The molecule has 0 saturated carbocycles. The summed E-state index contributed by atoms with van der Waals surface area (Å²) in [6.07, 6.45) is 4.55. The minimum absolute atomic E-state index is 0.0461. The topological polar surface area (TPSA) is 72.7 Å². The molecule has 2 aromatic heterocycles. The van der Waals surface area contributed by atoms with Crippen LogP contribution in [0.1, 0.15) is 49.0 Å². The molecule has 0 aliphatic heterocycles. The maximum Gasteiger partial charge on any atom is 0.236 e. The Morgan fingerprint density at radius 3 is 2.83 bits per heavy atom. The number of rotatable bonds is 5. The Bertz CT molecular complexity index is 683. The van der Waals surface area contributed by atoms with Crippen LogP contribution in [0.3, 0.4) is 0 Å². The molecule has 0 spiro atoms. The van der Waals surface area contributed by atoms with Crippen LogP contribution in [-0.2, 0) is 24.7 Å². The monoisotopic (exact) mass is 351 g/mol. The molecule has 8 heteroatoms. The van der Waals surface area contributed by atoms with Crippen LogP contribution < -0.4 is 5.32 Å². The van der Waals surface area contributed by atoms with Gasteiger partial charge >= 0.3 is 0 Å². The number of thioether (sulfide) groups is 1. The molecule has 0 bridgehead atoms. The Balaban J connectivity index is 1.56. The zero-order valence-electron chi connectivity index (χ0n) is 13.6. The molecule has 0 radical (unpaired) electrons. The van der Waals surface area contributed by atoms with Crippen molar-refractivity contribution in [2.45, 2.75) is 50.6 Å². The lowest BCUT2D eigenvalue weighted by Crippen LogP contribution is -2.14. The van der Waals surface area contributed by atoms with Crippen molar-refractivity contribution in [1.82, 2.24) is 19.7 Å². The Morgan fingerprint density at radius 2 is 2.13 bits per heavy atom. The summed E-state index contributed by atoms with van der Waals surface area (Å²) in [4.78, 5) is 18.0. The molecule has 0 atom stereocenters. The summed E-state index contributed by atoms with van der Waals surface area (Å²) < 4.78 is 1.95. The minimum atomic E-state index is -0.0461. The van der Waals surface area contributed by atoms with Gasteiger partial charge in [0.25, 0.3) is 0 Å². The van der Waals surface area contributed by atoms with E-state index in [4.69, 9.17) is 0 Å². The van der Waals surface area contributed by atoms with E-state index in [1.165, 1.54) is 35.2 Å². The second kappa shape index (κ2) is 7.00. The number of hydrogen-bond donors (Lipinski definition) is 1. The number of carbonyl (C=O) groups excluding carboxylic acids is 1. The Hall–Kier alpha value is -1.41. The van der Waals surface area contributed by atoms with E-state index in [-0.39, 0.29) is 5.91 Å². The first-order valence-electron chi connectivity index (χ1n) is 7.85. The Labute approximate surface area is 144 Å². The SMILES string of the molecule is CC(C)c1nnc(SCC(=O)Nc2nc3c(s2)CCCC3)n1C. The van der Waals surface area contributed by atoms with Crippen molar-refractivity contribution in [3.63, 3.8) is 0 Å². The average molecular weight is 352 g/mol. The highest BCUT2D eigenvalue weighted by Gasteiger charge is 2.17. The van der Waals surface area contributed by atoms with Crippen molar-refractivity contribution in [2.24, 2.45) is 7.05 Å². The quantitative estimate of drug-likeness (QED) is 0.838. The fourth-order valence-corrected chi connectivity index (χ4v) is 4.43. The van der Waals surface area contributed by atoms with Gasteiger partial charge in [0, 0.05) is 17.8 Å². The van der Waals surface area contributed by atoms with Gasteiger partial charge in [-0.25, -0.2) is 4.98 Å². The van der Waals surface area contributed by atoms with Crippen LogP contribution >= 0.6 is 23.1 Å². The predicted octanol–water partition coefficient (Wildman–Crippen LogP) is 3.00. The van der Waals surface area contributed by atoms with Gasteiger partial charge in [0.15, 0.2) is 10.3 Å². The number of fused-ring (bicyclic) bond motifs is 1. The molecule has 2 heterocycles. The third-order valence-electron chi connectivity index (χ3n) is 3.81. The molecule has 124 valence electrons. The second-order valence-electron chi connectivity index (χ2n) is 5.99. The number of nitrogens with one attached hydrogen (secondary N) is 1. The molecule has 1 amide bonds. The number of nitrogens with zero attached hydrogens (tertiary/aromatic N) is 4. The van der Waals surface area contributed by atoms with E-state index in [1.807, 2.05) is 11.6 Å². The molecule has 0 unspecified atom stereocenters. The summed E-state index contributed by atoms with van der Waals surface area (Å²) in [5, 5.41) is 12.7. The van der Waals surface area contributed by atoms with Crippen LogP contribution in [0.2, 0.25) is 0 Å². The van der Waals surface area contributed by atoms with E-state index in [9.17, 15) is 4.79 Å². The molecule has 3 rings (SSSR count). The van der Waals surface area contributed by atoms with E-state index in [2.05, 4.69) is 34.3 Å². The zero-order valence-corrected chi connectivity index (χ0v) is 15.3. The molecular weight excluding hydrogens is 330 g/mol. The van der Waals surface area contributed by atoms with Gasteiger partial charge in [-0.05, 0) is 25.7 Å². The molecule has 1 aliphatic carbocycles. The molecular formula is C15H21N5OS2. The van der Waals surface area contributed by atoms with E-state index in [1.54, 1.807) is 11.3 Å². The largest absolute Gasteiger partial charge is 0.309 e. The molecule has 1 N–H and O–H groups in total. The highest BCUT2D eigenvalue weighted by atomic mass is 32.2. The number of carbonyl (C=O) groups is 1. The van der Waals surface area contributed by atoms with Gasteiger partial charge in [-0.3, -0.25) is 4.79 Å². The maximum absolute atomic E-state index is 12.1. The Kier molecular flexibility index (Phi) is 5.01. The maximum atomic E-state index is 12.1. The smallest absolute Gasteiger partial charge is 0.236 e. The summed E-state index contributed by atoms with van der Waals surface area (Å²) in [6.45, 7) is 4.16. The summed E-state index contributed by atoms with van der Waals surface area (Å²) in [6, 6.07) is 0. The first kappa shape index (κ1) is 16.4.